The van der Waals surface area contributed by atoms with Gasteiger partial charge in [0.1, 0.15) is 11.6 Å². The number of anilines is 1. The van der Waals surface area contributed by atoms with Crippen molar-refractivity contribution in [3.05, 3.63) is 35.5 Å². The average molecular weight is 299 g/mol. The van der Waals surface area contributed by atoms with Gasteiger partial charge in [-0.3, -0.25) is 4.68 Å². The van der Waals surface area contributed by atoms with Crippen LogP contribution in [0.15, 0.2) is 18.3 Å². The molecule has 2 aromatic heterocycles. The molecule has 1 aliphatic carbocycles. The van der Waals surface area contributed by atoms with Crippen molar-refractivity contribution in [2.45, 2.75) is 65.0 Å². The van der Waals surface area contributed by atoms with Crippen molar-refractivity contribution in [3.63, 3.8) is 0 Å². The second kappa shape index (κ2) is 6.46. The average Bonchev–Trinajstić information content (AvgIpc) is 3.15. The maximum Gasteiger partial charge on any atom is 0.133 e. The number of rotatable bonds is 5. The van der Waals surface area contributed by atoms with Crippen molar-refractivity contribution in [2.75, 3.05) is 5.32 Å². The molecule has 118 valence electrons. The van der Waals surface area contributed by atoms with E-state index < -0.39 is 0 Å². The minimum absolute atomic E-state index is 0.335. The summed E-state index contributed by atoms with van der Waals surface area (Å²) in [6, 6.07) is 4.69. The Kier molecular flexibility index (Phi) is 4.41. The second-order valence-electron chi connectivity index (χ2n) is 6.49. The summed E-state index contributed by atoms with van der Waals surface area (Å²) in [4.78, 5) is 9.05. The molecular weight excluding hydrogens is 274 g/mol. The maximum atomic E-state index is 4.70. The molecule has 2 heterocycles. The van der Waals surface area contributed by atoms with Crippen molar-refractivity contribution in [1.82, 2.24) is 19.7 Å². The third kappa shape index (κ3) is 3.46. The zero-order valence-electron chi connectivity index (χ0n) is 13.7. The van der Waals surface area contributed by atoms with Gasteiger partial charge in [-0.2, -0.15) is 5.10 Å². The van der Waals surface area contributed by atoms with Crippen molar-refractivity contribution in [2.24, 2.45) is 0 Å². The molecule has 1 N–H and O–H groups in total. The van der Waals surface area contributed by atoms with Gasteiger partial charge in [-0.25, -0.2) is 9.97 Å². The van der Waals surface area contributed by atoms with Gasteiger partial charge in [-0.15, -0.1) is 0 Å². The molecule has 1 saturated carbocycles. The molecule has 3 rings (SSSR count). The van der Waals surface area contributed by atoms with Crippen LogP contribution in [0.3, 0.4) is 0 Å². The summed E-state index contributed by atoms with van der Waals surface area (Å²) < 4.78 is 2.13. The third-order valence-electron chi connectivity index (χ3n) is 4.20. The first-order valence-corrected chi connectivity index (χ1v) is 8.25. The van der Waals surface area contributed by atoms with Gasteiger partial charge in [-0.1, -0.05) is 26.7 Å². The highest BCUT2D eigenvalue weighted by Crippen LogP contribution is 2.28. The number of nitrogens with zero attached hydrogens (tertiary/aromatic N) is 4. The zero-order chi connectivity index (χ0) is 15.5. The van der Waals surface area contributed by atoms with Crippen molar-refractivity contribution >= 4 is 5.82 Å². The lowest BCUT2D eigenvalue weighted by molar-refractivity contribution is 0.463. The van der Waals surface area contributed by atoms with Crippen molar-refractivity contribution in [1.29, 1.82) is 0 Å². The van der Waals surface area contributed by atoms with Crippen LogP contribution in [0.25, 0.3) is 0 Å². The molecule has 5 nitrogen and oxygen atoms in total. The highest BCUT2D eigenvalue weighted by molar-refractivity contribution is 5.36. The summed E-state index contributed by atoms with van der Waals surface area (Å²) in [5.74, 6) is 2.10. The van der Waals surface area contributed by atoms with Gasteiger partial charge in [0.05, 0.1) is 18.3 Å². The molecule has 0 aliphatic heterocycles. The Hall–Kier alpha value is -1.91. The quantitative estimate of drug-likeness (QED) is 0.911. The molecule has 0 saturated heterocycles. The van der Waals surface area contributed by atoms with Crippen LogP contribution in [0.2, 0.25) is 0 Å². The van der Waals surface area contributed by atoms with E-state index in [9.17, 15) is 0 Å². The van der Waals surface area contributed by atoms with Crippen molar-refractivity contribution < 1.29 is 0 Å². The van der Waals surface area contributed by atoms with E-state index in [1.807, 2.05) is 13.0 Å². The molecule has 5 heteroatoms. The van der Waals surface area contributed by atoms with Crippen LogP contribution < -0.4 is 5.32 Å². The first-order chi connectivity index (χ1) is 10.6. The van der Waals surface area contributed by atoms with Crippen LogP contribution >= 0.6 is 0 Å². The Morgan fingerprint density at radius 2 is 2.05 bits per heavy atom. The molecule has 1 aliphatic rings. The summed E-state index contributed by atoms with van der Waals surface area (Å²) in [5.41, 5.74) is 2.06. The van der Waals surface area contributed by atoms with Crippen molar-refractivity contribution in [3.8, 4) is 0 Å². The largest absolute Gasteiger partial charge is 0.364 e. The molecule has 0 bridgehead atoms. The molecule has 0 aromatic carbocycles. The van der Waals surface area contributed by atoms with Gasteiger partial charge >= 0.3 is 0 Å². The topological polar surface area (TPSA) is 55.6 Å². The van der Waals surface area contributed by atoms with E-state index in [-0.39, 0.29) is 0 Å². The Morgan fingerprint density at radius 1 is 1.27 bits per heavy atom. The van der Waals surface area contributed by atoms with E-state index in [1.54, 1.807) is 0 Å². The smallest absolute Gasteiger partial charge is 0.133 e. The second-order valence-corrected chi connectivity index (χ2v) is 6.49. The first kappa shape index (κ1) is 15.0. The van der Waals surface area contributed by atoms with Crippen LogP contribution in [0.4, 0.5) is 5.82 Å². The predicted molar refractivity (Wildman–Crippen MR) is 87.9 cm³/mol. The molecule has 0 unspecified atom stereocenters. The highest BCUT2D eigenvalue weighted by atomic mass is 15.3. The number of aromatic nitrogens is 4. The van der Waals surface area contributed by atoms with Gasteiger partial charge in [0, 0.05) is 23.9 Å². The standard InChI is InChI=1S/C17H25N5/c1-12(2)17-19-13(3)10-16(20-17)18-11-14-8-9-22(21-14)15-6-4-5-7-15/h8-10,12,15H,4-7,11H2,1-3H3,(H,18,19,20). The Bertz CT molecular complexity index is 626. The van der Waals surface area contributed by atoms with E-state index in [4.69, 9.17) is 5.10 Å². The fourth-order valence-electron chi connectivity index (χ4n) is 2.97. The lowest BCUT2D eigenvalue weighted by Crippen LogP contribution is -2.09. The van der Waals surface area contributed by atoms with Crippen LogP contribution in [0.1, 0.15) is 68.7 Å². The molecule has 0 amide bonds. The summed E-state index contributed by atoms with van der Waals surface area (Å²) in [6.45, 7) is 6.94. The molecular formula is C17H25N5. The first-order valence-electron chi connectivity index (χ1n) is 8.25. The summed E-state index contributed by atoms with van der Waals surface area (Å²) in [6.07, 6.45) is 7.29. The minimum Gasteiger partial charge on any atom is -0.364 e. The molecule has 22 heavy (non-hydrogen) atoms. The lowest BCUT2D eigenvalue weighted by atomic mass is 10.2. The molecule has 0 radical (unpaired) electrons. The van der Waals surface area contributed by atoms with E-state index in [1.165, 1.54) is 25.7 Å². The van der Waals surface area contributed by atoms with E-state index in [0.717, 1.165) is 23.0 Å². The third-order valence-corrected chi connectivity index (χ3v) is 4.20. The van der Waals surface area contributed by atoms with Crippen LogP contribution in [0.5, 0.6) is 0 Å². The molecule has 1 fully saturated rings. The van der Waals surface area contributed by atoms with E-state index >= 15 is 0 Å². The molecule has 2 aromatic rings. The highest BCUT2D eigenvalue weighted by Gasteiger charge is 2.17. The van der Waals surface area contributed by atoms with Crippen LogP contribution in [0, 0.1) is 6.92 Å². The Labute approximate surface area is 132 Å². The Balaban J connectivity index is 1.65. The number of aryl methyl sites for hydroxylation is 1. The maximum absolute atomic E-state index is 4.70. The van der Waals surface area contributed by atoms with Gasteiger partial charge in [0.15, 0.2) is 0 Å². The number of nitrogens with one attached hydrogen (secondary N) is 1. The van der Waals surface area contributed by atoms with Gasteiger partial charge in [-0.05, 0) is 25.8 Å². The van der Waals surface area contributed by atoms with Gasteiger partial charge in [0.25, 0.3) is 0 Å². The monoisotopic (exact) mass is 299 g/mol. The normalized spacial score (nSPS) is 15.6. The SMILES string of the molecule is Cc1cc(NCc2ccn(C3CCCC3)n2)nc(C(C)C)n1. The fraction of sp³-hybridized carbons (Fsp3) is 0.588. The van der Waals surface area contributed by atoms with Gasteiger partial charge < -0.3 is 5.32 Å². The Morgan fingerprint density at radius 3 is 2.77 bits per heavy atom. The fourth-order valence-corrected chi connectivity index (χ4v) is 2.97. The van der Waals surface area contributed by atoms with E-state index in [2.05, 4.69) is 46.1 Å². The summed E-state index contributed by atoms with van der Waals surface area (Å²) in [7, 11) is 0. The predicted octanol–water partition coefficient (Wildman–Crippen LogP) is 3.83. The van der Waals surface area contributed by atoms with Gasteiger partial charge in [0.2, 0.25) is 0 Å². The summed E-state index contributed by atoms with van der Waals surface area (Å²) >= 11 is 0. The molecule has 0 spiro atoms. The number of hydrogen-bond donors (Lipinski definition) is 1. The zero-order valence-corrected chi connectivity index (χ0v) is 13.7. The van der Waals surface area contributed by atoms with Crippen LogP contribution in [-0.2, 0) is 6.54 Å². The molecule has 0 atom stereocenters. The number of hydrogen-bond acceptors (Lipinski definition) is 4. The lowest BCUT2D eigenvalue weighted by Gasteiger charge is -2.10. The minimum atomic E-state index is 0.335. The van der Waals surface area contributed by atoms with Crippen LogP contribution in [-0.4, -0.2) is 19.7 Å². The van der Waals surface area contributed by atoms with E-state index in [0.29, 0.717) is 18.5 Å². The summed E-state index contributed by atoms with van der Waals surface area (Å²) in [5, 5.41) is 8.07.